The number of nitrogens with zero attached hydrogens (tertiary/aromatic N) is 2. The zero-order valence-electron chi connectivity index (χ0n) is 10.3. The van der Waals surface area contributed by atoms with Gasteiger partial charge in [-0.3, -0.25) is 14.9 Å². The van der Waals surface area contributed by atoms with Crippen LogP contribution in [0.15, 0.2) is 16.6 Å². The number of anilines is 1. The van der Waals surface area contributed by atoms with Crippen LogP contribution in [0.5, 0.6) is 0 Å². The topological polar surface area (TPSA) is 63.5 Å². The van der Waals surface area contributed by atoms with Crippen LogP contribution in [0.1, 0.15) is 12.0 Å². The lowest BCUT2D eigenvalue weighted by Crippen LogP contribution is -2.25. The largest absolute Gasteiger partial charge is 0.311 e. The quantitative estimate of drug-likeness (QED) is 0.520. The molecule has 1 amide bonds. The van der Waals surface area contributed by atoms with E-state index in [-0.39, 0.29) is 17.5 Å². The van der Waals surface area contributed by atoms with Crippen molar-refractivity contribution in [3.8, 4) is 0 Å². The van der Waals surface area contributed by atoms with E-state index in [1.165, 1.54) is 6.07 Å². The molecular formula is C12H13BrN2O3S. The van der Waals surface area contributed by atoms with E-state index >= 15 is 0 Å². The Hall–Kier alpha value is -1.08. The van der Waals surface area contributed by atoms with Crippen LogP contribution in [0, 0.1) is 23.0 Å². The fourth-order valence-electron chi connectivity index (χ4n) is 2.19. The zero-order valence-corrected chi connectivity index (χ0v) is 12.8. The molecule has 0 bridgehead atoms. The highest BCUT2D eigenvalue weighted by Crippen LogP contribution is 2.36. The highest BCUT2D eigenvalue weighted by molar-refractivity contribution is 9.10. The Morgan fingerprint density at radius 2 is 2.26 bits per heavy atom. The maximum absolute atomic E-state index is 12.0. The van der Waals surface area contributed by atoms with Crippen LogP contribution in [0.25, 0.3) is 0 Å². The summed E-state index contributed by atoms with van der Waals surface area (Å²) in [6.45, 7) is 2.23. The van der Waals surface area contributed by atoms with E-state index < -0.39 is 4.92 Å². The molecule has 0 saturated carbocycles. The molecule has 19 heavy (non-hydrogen) atoms. The number of rotatable bonds is 3. The SMILES string of the molecule is Cc1cc(Br)c(N2CC(CS)CC2=O)cc1[N+](=O)[O-]. The summed E-state index contributed by atoms with van der Waals surface area (Å²) >= 11 is 7.58. The van der Waals surface area contributed by atoms with Gasteiger partial charge in [0.05, 0.1) is 10.6 Å². The zero-order chi connectivity index (χ0) is 14.2. The molecule has 1 aliphatic heterocycles. The maximum atomic E-state index is 12.0. The summed E-state index contributed by atoms with van der Waals surface area (Å²) in [4.78, 5) is 24.1. The number of benzene rings is 1. The van der Waals surface area contributed by atoms with Gasteiger partial charge < -0.3 is 4.90 Å². The second kappa shape index (κ2) is 5.50. The predicted molar refractivity (Wildman–Crippen MR) is 79.8 cm³/mol. The Bertz CT molecular complexity index is 550. The number of carbonyl (C=O) groups is 1. The number of aryl methyl sites for hydroxylation is 1. The summed E-state index contributed by atoms with van der Waals surface area (Å²) < 4.78 is 0.698. The first kappa shape index (κ1) is 14.3. The van der Waals surface area contributed by atoms with Crippen molar-refractivity contribution >= 4 is 45.8 Å². The lowest BCUT2D eigenvalue weighted by atomic mass is 10.1. The second-order valence-corrected chi connectivity index (χ2v) is 5.82. The normalized spacial score (nSPS) is 19.0. The fourth-order valence-corrected chi connectivity index (χ4v) is 3.11. The molecule has 1 saturated heterocycles. The van der Waals surface area contributed by atoms with Crippen molar-refractivity contribution in [3.63, 3.8) is 0 Å². The van der Waals surface area contributed by atoms with E-state index in [1.54, 1.807) is 17.9 Å². The Morgan fingerprint density at radius 3 is 2.79 bits per heavy atom. The van der Waals surface area contributed by atoms with Gasteiger partial charge in [0.1, 0.15) is 0 Å². The van der Waals surface area contributed by atoms with Gasteiger partial charge in [0.15, 0.2) is 0 Å². The molecule has 1 aromatic carbocycles. The first-order chi connectivity index (χ1) is 8.93. The van der Waals surface area contributed by atoms with Gasteiger partial charge >= 0.3 is 0 Å². The van der Waals surface area contributed by atoms with Crippen LogP contribution >= 0.6 is 28.6 Å². The number of nitro groups is 1. The van der Waals surface area contributed by atoms with Crippen molar-refractivity contribution in [2.24, 2.45) is 5.92 Å². The van der Waals surface area contributed by atoms with Crippen LogP contribution < -0.4 is 4.90 Å². The maximum Gasteiger partial charge on any atom is 0.274 e. The van der Waals surface area contributed by atoms with E-state index in [2.05, 4.69) is 28.6 Å². The van der Waals surface area contributed by atoms with Crippen LogP contribution in [0.2, 0.25) is 0 Å². The number of thiol groups is 1. The molecule has 0 aliphatic carbocycles. The molecule has 0 N–H and O–H groups in total. The monoisotopic (exact) mass is 344 g/mol. The number of carbonyl (C=O) groups excluding carboxylic acids is 1. The minimum atomic E-state index is -0.429. The number of hydrogen-bond acceptors (Lipinski definition) is 4. The van der Waals surface area contributed by atoms with Crippen LogP contribution in [0.4, 0.5) is 11.4 Å². The average Bonchev–Trinajstić information content (AvgIpc) is 2.70. The van der Waals surface area contributed by atoms with Crippen molar-refractivity contribution in [2.45, 2.75) is 13.3 Å². The van der Waals surface area contributed by atoms with Crippen molar-refractivity contribution in [1.82, 2.24) is 0 Å². The molecule has 1 aromatic rings. The molecule has 5 nitrogen and oxygen atoms in total. The van der Waals surface area contributed by atoms with Gasteiger partial charge in [-0.25, -0.2) is 0 Å². The van der Waals surface area contributed by atoms with Gasteiger partial charge in [0.2, 0.25) is 5.91 Å². The molecule has 1 atom stereocenters. The minimum absolute atomic E-state index is 0.0158. The Labute approximate surface area is 124 Å². The fraction of sp³-hybridized carbons (Fsp3) is 0.417. The van der Waals surface area contributed by atoms with Gasteiger partial charge in [-0.15, -0.1) is 0 Å². The highest BCUT2D eigenvalue weighted by atomic mass is 79.9. The number of hydrogen-bond donors (Lipinski definition) is 1. The van der Waals surface area contributed by atoms with Crippen LogP contribution in [-0.2, 0) is 4.79 Å². The number of nitro benzene ring substituents is 1. The molecule has 1 heterocycles. The van der Waals surface area contributed by atoms with Crippen molar-refractivity contribution in [1.29, 1.82) is 0 Å². The van der Waals surface area contributed by atoms with Crippen molar-refractivity contribution < 1.29 is 9.72 Å². The lowest BCUT2D eigenvalue weighted by Gasteiger charge is -2.18. The predicted octanol–water partition coefficient (Wildman–Crippen LogP) is 2.95. The smallest absolute Gasteiger partial charge is 0.274 e. The summed E-state index contributed by atoms with van der Waals surface area (Å²) in [7, 11) is 0. The molecule has 0 aromatic heterocycles. The van der Waals surface area contributed by atoms with Crippen LogP contribution in [-0.4, -0.2) is 23.1 Å². The highest BCUT2D eigenvalue weighted by Gasteiger charge is 2.32. The van der Waals surface area contributed by atoms with Crippen molar-refractivity contribution in [3.05, 3.63) is 32.3 Å². The first-order valence-electron chi connectivity index (χ1n) is 5.79. The van der Waals surface area contributed by atoms with Crippen molar-refractivity contribution in [2.75, 3.05) is 17.2 Å². The van der Waals surface area contributed by atoms with Gasteiger partial charge in [-0.2, -0.15) is 12.6 Å². The third-order valence-corrected chi connectivity index (χ3v) is 4.37. The van der Waals surface area contributed by atoms with E-state index in [1.807, 2.05) is 0 Å². The molecule has 1 fully saturated rings. The standard InChI is InChI=1S/C12H13BrN2O3S/c1-7-2-9(13)11(4-10(7)15(17)18)14-5-8(6-19)3-12(14)16/h2,4,8,19H,3,5-6H2,1H3. The van der Waals surface area contributed by atoms with E-state index in [4.69, 9.17) is 0 Å². The third-order valence-electron chi connectivity index (χ3n) is 3.22. The van der Waals surface area contributed by atoms with E-state index in [0.717, 1.165) is 0 Å². The van der Waals surface area contributed by atoms with Gasteiger partial charge in [-0.05, 0) is 40.6 Å². The summed E-state index contributed by atoms with van der Waals surface area (Å²) in [5.41, 5.74) is 1.16. The summed E-state index contributed by atoms with van der Waals surface area (Å²) in [6, 6.07) is 3.13. The van der Waals surface area contributed by atoms with E-state index in [9.17, 15) is 14.9 Å². The molecule has 1 unspecified atom stereocenters. The third kappa shape index (κ3) is 2.76. The number of amides is 1. The van der Waals surface area contributed by atoms with E-state index in [0.29, 0.717) is 34.4 Å². The van der Waals surface area contributed by atoms with Gasteiger partial charge in [0, 0.05) is 29.1 Å². The molecule has 7 heteroatoms. The molecule has 2 rings (SSSR count). The van der Waals surface area contributed by atoms with Crippen LogP contribution in [0.3, 0.4) is 0 Å². The number of halogens is 1. The molecule has 102 valence electrons. The molecular weight excluding hydrogens is 332 g/mol. The average molecular weight is 345 g/mol. The minimum Gasteiger partial charge on any atom is -0.311 e. The summed E-state index contributed by atoms with van der Waals surface area (Å²) in [5, 5.41) is 11.0. The first-order valence-corrected chi connectivity index (χ1v) is 7.22. The Morgan fingerprint density at radius 1 is 1.58 bits per heavy atom. The molecule has 0 spiro atoms. The molecule has 1 aliphatic rings. The summed E-state index contributed by atoms with van der Waals surface area (Å²) in [5.74, 6) is 0.814. The van der Waals surface area contributed by atoms with Gasteiger partial charge in [-0.1, -0.05) is 0 Å². The molecule has 0 radical (unpaired) electrons. The Balaban J connectivity index is 2.42. The second-order valence-electron chi connectivity index (χ2n) is 4.60. The Kier molecular flexibility index (Phi) is 4.15. The summed E-state index contributed by atoms with van der Waals surface area (Å²) in [6.07, 6.45) is 0.442. The van der Waals surface area contributed by atoms with Gasteiger partial charge in [0.25, 0.3) is 5.69 Å². The lowest BCUT2D eigenvalue weighted by molar-refractivity contribution is -0.385.